The van der Waals surface area contributed by atoms with Gasteiger partial charge in [0.15, 0.2) is 0 Å². The molecule has 2 heterocycles. The quantitative estimate of drug-likeness (QED) is 0.823. The van der Waals surface area contributed by atoms with Gasteiger partial charge in [-0.05, 0) is 19.9 Å². The molecule has 0 N–H and O–H groups in total. The van der Waals surface area contributed by atoms with Crippen LogP contribution >= 0.6 is 0 Å². The normalized spacial score (nSPS) is 15.3. The van der Waals surface area contributed by atoms with Crippen LogP contribution in [0.3, 0.4) is 0 Å². The van der Waals surface area contributed by atoms with Gasteiger partial charge in [0.25, 0.3) is 5.91 Å². The van der Waals surface area contributed by atoms with Gasteiger partial charge in [0.1, 0.15) is 6.26 Å². The minimum Gasteiger partial charge on any atom is -0.472 e. The highest BCUT2D eigenvalue weighted by Crippen LogP contribution is 2.11. The lowest BCUT2D eigenvalue weighted by atomic mass is 10.2. The topological polar surface area (TPSA) is 63.0 Å². The molecular formula is C15H22N2O4. The van der Waals surface area contributed by atoms with Crippen LogP contribution in [-0.2, 0) is 9.53 Å². The van der Waals surface area contributed by atoms with Crippen molar-refractivity contribution < 1.29 is 18.7 Å². The average molecular weight is 294 g/mol. The van der Waals surface area contributed by atoms with Gasteiger partial charge in [0, 0.05) is 32.1 Å². The number of ether oxygens (including phenoxy) is 1. The fraction of sp³-hybridized carbons (Fsp3) is 0.600. The van der Waals surface area contributed by atoms with Crippen LogP contribution in [0, 0.1) is 0 Å². The summed E-state index contributed by atoms with van der Waals surface area (Å²) < 4.78 is 10.2. The van der Waals surface area contributed by atoms with Gasteiger partial charge in [0.05, 0.1) is 25.0 Å². The van der Waals surface area contributed by atoms with Gasteiger partial charge in [-0.2, -0.15) is 0 Å². The van der Waals surface area contributed by atoms with Crippen LogP contribution in [0.15, 0.2) is 23.0 Å². The van der Waals surface area contributed by atoms with Crippen molar-refractivity contribution in [3.8, 4) is 0 Å². The van der Waals surface area contributed by atoms with Crippen molar-refractivity contribution in [2.24, 2.45) is 0 Å². The van der Waals surface area contributed by atoms with E-state index in [-0.39, 0.29) is 17.9 Å². The largest absolute Gasteiger partial charge is 0.472 e. The number of carbonyl (C=O) groups excluding carboxylic acids is 2. The first-order valence-electron chi connectivity index (χ1n) is 7.28. The maximum Gasteiger partial charge on any atom is 0.257 e. The van der Waals surface area contributed by atoms with E-state index in [1.54, 1.807) is 15.9 Å². The van der Waals surface area contributed by atoms with Crippen molar-refractivity contribution in [3.63, 3.8) is 0 Å². The summed E-state index contributed by atoms with van der Waals surface area (Å²) in [6, 6.07) is 1.67. The Labute approximate surface area is 124 Å². The molecule has 1 aromatic heterocycles. The maximum atomic E-state index is 12.4. The molecule has 0 atom stereocenters. The molecule has 6 nitrogen and oxygen atoms in total. The lowest BCUT2D eigenvalue weighted by Gasteiger charge is -2.30. The minimum atomic E-state index is -0.103. The standard InChI is InChI=1S/C15H22N2O4/c1-12(2)17(15(19)13-4-8-21-11-13)5-3-14(18)16-6-9-20-10-7-16/h4,8,11-12H,3,5-7,9-10H2,1-2H3. The molecule has 0 unspecified atom stereocenters. The zero-order chi connectivity index (χ0) is 15.2. The van der Waals surface area contributed by atoms with E-state index in [1.807, 2.05) is 13.8 Å². The number of carbonyl (C=O) groups is 2. The smallest absolute Gasteiger partial charge is 0.257 e. The highest BCUT2D eigenvalue weighted by molar-refractivity contribution is 5.94. The molecule has 1 aliphatic heterocycles. The summed E-state index contributed by atoms with van der Waals surface area (Å²) >= 11 is 0. The number of amides is 2. The first kappa shape index (κ1) is 15.6. The summed E-state index contributed by atoms with van der Waals surface area (Å²) in [4.78, 5) is 28.0. The molecule has 1 aromatic rings. The molecule has 2 rings (SSSR count). The average Bonchev–Trinajstić information content (AvgIpc) is 3.02. The summed E-state index contributed by atoms with van der Waals surface area (Å²) in [5.41, 5.74) is 0.516. The molecule has 0 bridgehead atoms. The van der Waals surface area contributed by atoms with E-state index in [9.17, 15) is 9.59 Å². The molecule has 0 aromatic carbocycles. The third-order valence-corrected chi connectivity index (χ3v) is 3.58. The maximum absolute atomic E-state index is 12.4. The fourth-order valence-corrected chi connectivity index (χ4v) is 2.33. The van der Waals surface area contributed by atoms with Gasteiger partial charge >= 0.3 is 0 Å². The van der Waals surface area contributed by atoms with Gasteiger partial charge in [-0.3, -0.25) is 9.59 Å². The second-order valence-electron chi connectivity index (χ2n) is 5.35. The Hall–Kier alpha value is -1.82. The second-order valence-corrected chi connectivity index (χ2v) is 5.35. The Morgan fingerprint density at radius 3 is 2.62 bits per heavy atom. The van der Waals surface area contributed by atoms with Gasteiger partial charge in [-0.25, -0.2) is 0 Å². The molecule has 21 heavy (non-hydrogen) atoms. The van der Waals surface area contributed by atoms with Gasteiger partial charge in [-0.1, -0.05) is 0 Å². The summed E-state index contributed by atoms with van der Waals surface area (Å²) in [7, 11) is 0. The van der Waals surface area contributed by atoms with Crippen molar-refractivity contribution >= 4 is 11.8 Å². The molecule has 0 spiro atoms. The molecule has 0 radical (unpaired) electrons. The van der Waals surface area contributed by atoms with Crippen molar-refractivity contribution in [2.75, 3.05) is 32.8 Å². The summed E-state index contributed by atoms with van der Waals surface area (Å²) in [6.45, 7) is 6.75. The molecule has 1 aliphatic rings. The molecule has 116 valence electrons. The number of hydrogen-bond acceptors (Lipinski definition) is 4. The van der Waals surface area contributed by atoms with E-state index in [0.717, 1.165) is 0 Å². The number of nitrogens with zero attached hydrogens (tertiary/aromatic N) is 2. The Balaban J connectivity index is 1.91. The van der Waals surface area contributed by atoms with Crippen LogP contribution in [0.5, 0.6) is 0 Å². The van der Waals surface area contributed by atoms with Crippen molar-refractivity contribution in [1.29, 1.82) is 0 Å². The van der Waals surface area contributed by atoms with E-state index in [0.29, 0.717) is 44.8 Å². The molecule has 2 amide bonds. The number of rotatable bonds is 5. The van der Waals surface area contributed by atoms with Crippen LogP contribution in [0.1, 0.15) is 30.6 Å². The summed E-state index contributed by atoms with van der Waals surface area (Å²) in [5, 5.41) is 0. The first-order valence-corrected chi connectivity index (χ1v) is 7.28. The summed E-state index contributed by atoms with van der Waals surface area (Å²) in [5.74, 6) is -0.0301. The first-order chi connectivity index (χ1) is 10.1. The predicted molar refractivity (Wildman–Crippen MR) is 76.9 cm³/mol. The Kier molecular flexibility index (Phi) is 5.38. The molecular weight excluding hydrogens is 272 g/mol. The van der Waals surface area contributed by atoms with Crippen LogP contribution < -0.4 is 0 Å². The molecule has 1 saturated heterocycles. The summed E-state index contributed by atoms with van der Waals surface area (Å²) in [6.07, 6.45) is 3.24. The van der Waals surface area contributed by atoms with Gasteiger partial charge in [-0.15, -0.1) is 0 Å². The molecule has 0 saturated carbocycles. The third-order valence-electron chi connectivity index (χ3n) is 3.58. The molecule has 0 aliphatic carbocycles. The van der Waals surface area contributed by atoms with Gasteiger partial charge in [0.2, 0.25) is 5.91 Å². The number of morpholine rings is 1. The highest BCUT2D eigenvalue weighted by Gasteiger charge is 2.22. The SMILES string of the molecule is CC(C)N(CCC(=O)N1CCOCC1)C(=O)c1ccoc1. The lowest BCUT2D eigenvalue weighted by molar-refractivity contribution is -0.135. The Morgan fingerprint density at radius 2 is 2.05 bits per heavy atom. The van der Waals surface area contributed by atoms with E-state index in [1.165, 1.54) is 12.5 Å². The monoisotopic (exact) mass is 294 g/mol. The zero-order valence-electron chi connectivity index (χ0n) is 12.6. The Morgan fingerprint density at radius 1 is 1.33 bits per heavy atom. The molecule has 1 fully saturated rings. The van der Waals surface area contributed by atoms with Crippen molar-refractivity contribution in [2.45, 2.75) is 26.3 Å². The number of hydrogen-bond donors (Lipinski definition) is 0. The zero-order valence-corrected chi connectivity index (χ0v) is 12.6. The van der Waals surface area contributed by atoms with Crippen LogP contribution in [0.4, 0.5) is 0 Å². The van der Waals surface area contributed by atoms with Crippen molar-refractivity contribution in [3.05, 3.63) is 24.2 Å². The molecule has 6 heteroatoms. The van der Waals surface area contributed by atoms with Crippen LogP contribution in [-0.4, -0.2) is 60.5 Å². The number of furan rings is 1. The Bertz CT molecular complexity index is 464. The van der Waals surface area contributed by atoms with Crippen molar-refractivity contribution in [1.82, 2.24) is 9.80 Å². The van der Waals surface area contributed by atoms with Crippen LogP contribution in [0.25, 0.3) is 0 Å². The fourth-order valence-electron chi connectivity index (χ4n) is 2.33. The predicted octanol–water partition coefficient (Wildman–Crippen LogP) is 1.38. The highest BCUT2D eigenvalue weighted by atomic mass is 16.5. The van der Waals surface area contributed by atoms with E-state index < -0.39 is 0 Å². The van der Waals surface area contributed by atoms with Crippen LogP contribution in [0.2, 0.25) is 0 Å². The third kappa shape index (κ3) is 4.07. The lowest BCUT2D eigenvalue weighted by Crippen LogP contribution is -2.44. The minimum absolute atomic E-state index is 0.0323. The van der Waals surface area contributed by atoms with Gasteiger partial charge < -0.3 is 19.0 Å². The van der Waals surface area contributed by atoms with E-state index in [2.05, 4.69) is 0 Å². The van der Waals surface area contributed by atoms with E-state index >= 15 is 0 Å². The van der Waals surface area contributed by atoms with E-state index in [4.69, 9.17) is 9.15 Å². The second kappa shape index (κ2) is 7.26.